The monoisotopic (exact) mass is 579 g/mol. The highest BCUT2D eigenvalue weighted by Gasteiger charge is 2.39. The molecular weight excluding hydrogens is 538 g/mol. The first kappa shape index (κ1) is 29.0. The molecule has 0 unspecified atom stereocenters. The lowest BCUT2D eigenvalue weighted by molar-refractivity contribution is 0.0620. The minimum atomic E-state index is -0.153. The molecule has 43 heavy (non-hydrogen) atoms. The Bertz CT molecular complexity index is 1430. The number of piperidine rings is 1. The zero-order valence-corrected chi connectivity index (χ0v) is 25.2. The molecular formula is C36H41N3O4. The summed E-state index contributed by atoms with van der Waals surface area (Å²) in [5.74, 6) is 2.81. The van der Waals surface area contributed by atoms with E-state index < -0.39 is 0 Å². The smallest absolute Gasteiger partial charge is 0.253 e. The molecule has 1 amide bonds. The number of ether oxygens (including phenoxy) is 2. The number of hydrogen-bond donors (Lipinski definition) is 0. The van der Waals surface area contributed by atoms with Gasteiger partial charge in [-0.3, -0.25) is 14.6 Å². The van der Waals surface area contributed by atoms with Gasteiger partial charge in [0.1, 0.15) is 17.3 Å². The third-order valence-corrected chi connectivity index (χ3v) is 9.06. The number of furan rings is 1. The van der Waals surface area contributed by atoms with Crippen LogP contribution in [0.3, 0.4) is 0 Å². The maximum absolute atomic E-state index is 13.5. The van der Waals surface area contributed by atoms with E-state index >= 15 is 0 Å². The van der Waals surface area contributed by atoms with Gasteiger partial charge in [-0.2, -0.15) is 0 Å². The molecule has 0 saturated carbocycles. The zero-order valence-electron chi connectivity index (χ0n) is 25.2. The molecule has 4 aromatic rings. The first-order valence-electron chi connectivity index (χ1n) is 15.2. The molecule has 2 aliphatic rings. The van der Waals surface area contributed by atoms with Gasteiger partial charge in [0.25, 0.3) is 5.91 Å². The average molecular weight is 580 g/mol. The SMILES string of the molecule is COc1ccc(C2(c3ccc(OC)cc3)CCCN(Cc3cccc(C(=O)N4CCN(Cc5ccco5)CC4)c3)C2)cc1. The van der Waals surface area contributed by atoms with Gasteiger partial charge in [0.2, 0.25) is 0 Å². The summed E-state index contributed by atoms with van der Waals surface area (Å²) < 4.78 is 16.4. The maximum Gasteiger partial charge on any atom is 0.253 e. The maximum atomic E-state index is 13.5. The first-order valence-corrected chi connectivity index (χ1v) is 15.2. The van der Waals surface area contributed by atoms with Gasteiger partial charge in [0.05, 0.1) is 27.0 Å². The Balaban J connectivity index is 1.16. The molecule has 0 N–H and O–H groups in total. The fourth-order valence-corrected chi connectivity index (χ4v) is 6.71. The number of piperazine rings is 1. The Morgan fingerprint density at radius 3 is 2.05 bits per heavy atom. The zero-order chi connectivity index (χ0) is 29.6. The fourth-order valence-electron chi connectivity index (χ4n) is 6.71. The van der Waals surface area contributed by atoms with E-state index in [2.05, 4.69) is 70.5 Å². The Morgan fingerprint density at radius 1 is 0.767 bits per heavy atom. The van der Waals surface area contributed by atoms with Crippen LogP contribution < -0.4 is 9.47 Å². The molecule has 3 heterocycles. The van der Waals surface area contributed by atoms with Crippen molar-refractivity contribution in [2.75, 3.05) is 53.5 Å². The van der Waals surface area contributed by atoms with Gasteiger partial charge in [-0.1, -0.05) is 36.4 Å². The summed E-state index contributed by atoms with van der Waals surface area (Å²) >= 11 is 0. The van der Waals surface area contributed by atoms with Crippen LogP contribution >= 0.6 is 0 Å². The first-order chi connectivity index (χ1) is 21.1. The number of benzene rings is 3. The van der Waals surface area contributed by atoms with Crippen LogP contribution in [-0.4, -0.2) is 74.1 Å². The largest absolute Gasteiger partial charge is 0.497 e. The van der Waals surface area contributed by atoms with Crippen molar-refractivity contribution in [3.05, 3.63) is 119 Å². The Kier molecular flexibility index (Phi) is 8.82. The van der Waals surface area contributed by atoms with Crippen LogP contribution in [0.2, 0.25) is 0 Å². The van der Waals surface area contributed by atoms with Crippen molar-refractivity contribution in [1.82, 2.24) is 14.7 Å². The summed E-state index contributed by atoms with van der Waals surface area (Å²) in [6, 6.07) is 29.2. The summed E-state index contributed by atoms with van der Waals surface area (Å²) in [7, 11) is 3.41. The van der Waals surface area contributed by atoms with Gasteiger partial charge in [-0.05, 0) is 84.6 Å². The van der Waals surface area contributed by atoms with Crippen molar-refractivity contribution < 1.29 is 18.7 Å². The molecule has 7 heteroatoms. The summed E-state index contributed by atoms with van der Waals surface area (Å²) in [6.07, 6.45) is 3.86. The van der Waals surface area contributed by atoms with E-state index in [1.165, 1.54) is 16.7 Å². The highest BCUT2D eigenvalue weighted by Crippen LogP contribution is 2.42. The van der Waals surface area contributed by atoms with Crippen LogP contribution in [0.4, 0.5) is 0 Å². The Labute approximate surface area is 254 Å². The molecule has 2 saturated heterocycles. The fraction of sp³-hybridized carbons (Fsp3) is 0.361. The van der Waals surface area contributed by atoms with Crippen LogP contribution in [0.15, 0.2) is 95.6 Å². The molecule has 2 fully saturated rings. The lowest BCUT2D eigenvalue weighted by Crippen LogP contribution is -2.48. The van der Waals surface area contributed by atoms with Crippen LogP contribution in [-0.2, 0) is 18.5 Å². The summed E-state index contributed by atoms with van der Waals surface area (Å²) in [6.45, 7) is 6.63. The summed E-state index contributed by atoms with van der Waals surface area (Å²) in [5.41, 5.74) is 4.37. The van der Waals surface area contributed by atoms with E-state index in [1.807, 2.05) is 29.2 Å². The van der Waals surface area contributed by atoms with E-state index in [1.54, 1.807) is 20.5 Å². The van der Waals surface area contributed by atoms with E-state index in [0.29, 0.717) is 0 Å². The minimum absolute atomic E-state index is 0.115. The van der Waals surface area contributed by atoms with E-state index in [9.17, 15) is 4.79 Å². The summed E-state index contributed by atoms with van der Waals surface area (Å²) in [4.78, 5) is 20.4. The standard InChI is InChI=1S/C36H41N3O4/c1-41-32-13-9-30(10-14-32)36(31-11-15-33(42-2)16-12-31)17-5-18-38(27-36)25-28-6-3-7-29(24-28)35(40)39-21-19-37(20-22-39)26-34-8-4-23-43-34/h3-4,6-16,23-24H,5,17-22,25-27H2,1-2H3. The Hall–Kier alpha value is -4.07. The van der Waals surface area contributed by atoms with E-state index in [-0.39, 0.29) is 11.3 Å². The molecule has 3 aromatic carbocycles. The van der Waals surface area contributed by atoms with Crippen molar-refractivity contribution in [2.24, 2.45) is 0 Å². The van der Waals surface area contributed by atoms with Gasteiger partial charge >= 0.3 is 0 Å². The second-order valence-corrected chi connectivity index (χ2v) is 11.7. The number of nitrogens with zero attached hydrogens (tertiary/aromatic N) is 3. The number of methoxy groups -OCH3 is 2. The second kappa shape index (κ2) is 13.1. The molecule has 0 radical (unpaired) electrons. The van der Waals surface area contributed by atoms with Crippen LogP contribution in [0.25, 0.3) is 0 Å². The molecule has 0 aliphatic carbocycles. The van der Waals surface area contributed by atoms with Gasteiger partial charge in [-0.15, -0.1) is 0 Å². The molecule has 0 spiro atoms. The molecule has 0 atom stereocenters. The van der Waals surface area contributed by atoms with Crippen molar-refractivity contribution in [3.63, 3.8) is 0 Å². The average Bonchev–Trinajstić information content (AvgIpc) is 3.58. The normalized spacial score (nSPS) is 17.5. The highest BCUT2D eigenvalue weighted by molar-refractivity contribution is 5.94. The third-order valence-electron chi connectivity index (χ3n) is 9.06. The quantitative estimate of drug-likeness (QED) is 0.249. The van der Waals surface area contributed by atoms with Crippen LogP contribution in [0.1, 0.15) is 45.7 Å². The second-order valence-electron chi connectivity index (χ2n) is 11.7. The number of carbonyl (C=O) groups excluding carboxylic acids is 1. The Morgan fingerprint density at radius 2 is 1.44 bits per heavy atom. The van der Waals surface area contributed by atoms with E-state index in [4.69, 9.17) is 13.9 Å². The number of amides is 1. The van der Waals surface area contributed by atoms with Crippen molar-refractivity contribution in [3.8, 4) is 11.5 Å². The number of hydrogen-bond acceptors (Lipinski definition) is 6. The highest BCUT2D eigenvalue weighted by atomic mass is 16.5. The molecule has 1 aromatic heterocycles. The summed E-state index contributed by atoms with van der Waals surface area (Å²) in [5, 5.41) is 0. The van der Waals surface area contributed by atoms with Gasteiger partial charge in [-0.25, -0.2) is 0 Å². The van der Waals surface area contributed by atoms with Crippen molar-refractivity contribution in [1.29, 1.82) is 0 Å². The predicted molar refractivity (Wildman–Crippen MR) is 168 cm³/mol. The van der Waals surface area contributed by atoms with Crippen molar-refractivity contribution >= 4 is 5.91 Å². The van der Waals surface area contributed by atoms with Crippen LogP contribution in [0.5, 0.6) is 11.5 Å². The van der Waals surface area contributed by atoms with E-state index in [0.717, 1.165) is 88.0 Å². The van der Waals surface area contributed by atoms with Gasteiger partial charge in [0, 0.05) is 50.2 Å². The molecule has 6 rings (SSSR count). The van der Waals surface area contributed by atoms with Gasteiger partial charge < -0.3 is 18.8 Å². The molecule has 7 nitrogen and oxygen atoms in total. The topological polar surface area (TPSA) is 58.4 Å². The van der Waals surface area contributed by atoms with Crippen molar-refractivity contribution in [2.45, 2.75) is 31.3 Å². The number of carbonyl (C=O) groups is 1. The molecule has 2 aliphatic heterocycles. The molecule has 224 valence electrons. The number of rotatable bonds is 9. The lowest BCUT2D eigenvalue weighted by atomic mass is 9.69. The predicted octanol–water partition coefficient (Wildman–Crippen LogP) is 5.84. The third kappa shape index (κ3) is 6.48. The molecule has 0 bridgehead atoms. The lowest BCUT2D eigenvalue weighted by Gasteiger charge is -2.44. The minimum Gasteiger partial charge on any atom is -0.497 e. The van der Waals surface area contributed by atoms with Gasteiger partial charge in [0.15, 0.2) is 0 Å². The van der Waals surface area contributed by atoms with Crippen LogP contribution in [0, 0.1) is 0 Å². The number of likely N-dealkylation sites (tertiary alicyclic amines) is 1.